The van der Waals surface area contributed by atoms with Gasteiger partial charge in [-0.05, 0) is 45.6 Å². The quantitative estimate of drug-likeness (QED) is 0.277. The van der Waals surface area contributed by atoms with Gasteiger partial charge >= 0.3 is 5.63 Å². The summed E-state index contributed by atoms with van der Waals surface area (Å²) in [6, 6.07) is 4.91. The lowest BCUT2D eigenvalue weighted by atomic mass is 10.1. The van der Waals surface area contributed by atoms with Crippen molar-refractivity contribution in [2.24, 2.45) is 0 Å². The summed E-state index contributed by atoms with van der Waals surface area (Å²) >= 11 is 12.5. The lowest BCUT2D eigenvalue weighted by Crippen LogP contribution is -2.12. The van der Waals surface area contributed by atoms with Crippen molar-refractivity contribution in [3.63, 3.8) is 0 Å². The molecule has 0 bridgehead atoms. The largest absolute Gasteiger partial charge is 0.493 e. The number of methoxy groups -OCH3 is 1. The minimum atomic E-state index is -0.539. The first-order valence-electron chi connectivity index (χ1n) is 10.4. The van der Waals surface area contributed by atoms with Gasteiger partial charge in [-0.3, -0.25) is 4.98 Å². The van der Waals surface area contributed by atoms with Crippen LogP contribution in [-0.2, 0) is 0 Å². The van der Waals surface area contributed by atoms with Crippen LogP contribution < -0.4 is 20.4 Å². The van der Waals surface area contributed by atoms with E-state index in [4.69, 9.17) is 37.1 Å². The van der Waals surface area contributed by atoms with Crippen molar-refractivity contribution in [3.05, 3.63) is 51.1 Å². The molecule has 0 fully saturated rings. The van der Waals surface area contributed by atoms with Crippen molar-refractivity contribution in [1.29, 1.82) is 0 Å². The summed E-state index contributed by atoms with van der Waals surface area (Å²) in [5.74, 6) is 0.886. The number of aromatic nitrogens is 1. The van der Waals surface area contributed by atoms with Crippen molar-refractivity contribution in [2.45, 2.75) is 25.7 Å². The molecule has 0 aliphatic rings. The first kappa shape index (κ1) is 24.2. The van der Waals surface area contributed by atoms with Gasteiger partial charge in [-0.1, -0.05) is 36.0 Å². The van der Waals surface area contributed by atoms with E-state index in [1.54, 1.807) is 19.2 Å². The molecule has 0 radical (unpaired) electrons. The molecule has 0 aliphatic heterocycles. The number of hydrogen-bond donors (Lipinski definition) is 1. The van der Waals surface area contributed by atoms with Gasteiger partial charge < -0.3 is 24.1 Å². The number of nitrogens with zero attached hydrogens (tertiary/aromatic N) is 2. The Bertz CT molecular complexity index is 1100. The predicted molar refractivity (Wildman–Crippen MR) is 129 cm³/mol. The van der Waals surface area contributed by atoms with E-state index in [1.165, 1.54) is 18.5 Å². The van der Waals surface area contributed by atoms with Gasteiger partial charge in [0, 0.05) is 23.8 Å². The van der Waals surface area contributed by atoms with E-state index >= 15 is 0 Å². The molecule has 0 atom stereocenters. The van der Waals surface area contributed by atoms with Crippen molar-refractivity contribution >= 4 is 45.5 Å². The van der Waals surface area contributed by atoms with E-state index in [-0.39, 0.29) is 0 Å². The van der Waals surface area contributed by atoms with Crippen LogP contribution >= 0.6 is 23.2 Å². The Morgan fingerprint density at radius 1 is 1.09 bits per heavy atom. The number of rotatable bonds is 11. The van der Waals surface area contributed by atoms with Crippen molar-refractivity contribution in [1.82, 2.24) is 9.88 Å². The van der Waals surface area contributed by atoms with Gasteiger partial charge in [0.05, 0.1) is 35.1 Å². The fourth-order valence-electron chi connectivity index (χ4n) is 3.31. The van der Waals surface area contributed by atoms with E-state index in [9.17, 15) is 4.79 Å². The Labute approximate surface area is 197 Å². The molecule has 0 amide bonds. The third-order valence-corrected chi connectivity index (χ3v) is 5.48. The smallest absolute Gasteiger partial charge is 0.338 e. The second kappa shape index (κ2) is 11.4. The molecule has 3 rings (SSSR count). The summed E-state index contributed by atoms with van der Waals surface area (Å²) in [5.41, 5.74) is 0.699. The van der Waals surface area contributed by atoms with E-state index in [2.05, 4.69) is 29.3 Å². The maximum atomic E-state index is 12.3. The van der Waals surface area contributed by atoms with Crippen molar-refractivity contribution < 1.29 is 13.9 Å². The number of benzene rings is 1. The number of ether oxygens (including phenoxy) is 2. The number of fused-ring (bicyclic) bond motifs is 1. The molecule has 2 aromatic heterocycles. The third-order valence-electron chi connectivity index (χ3n) is 4.91. The Morgan fingerprint density at radius 3 is 2.50 bits per heavy atom. The number of nitrogens with one attached hydrogen (secondary N) is 1. The van der Waals surface area contributed by atoms with Crippen molar-refractivity contribution in [2.75, 3.05) is 39.7 Å². The molecule has 9 heteroatoms. The average molecular weight is 480 g/mol. The molecule has 1 N–H and O–H groups in total. The fourth-order valence-corrected chi connectivity index (χ4v) is 3.77. The first-order chi connectivity index (χ1) is 15.4. The summed E-state index contributed by atoms with van der Waals surface area (Å²) in [6.45, 7) is 1.56. The van der Waals surface area contributed by atoms with Crippen LogP contribution in [0.2, 0.25) is 10.0 Å². The predicted octanol–water partition coefficient (Wildman–Crippen LogP) is 5.75. The molecule has 0 unspecified atom stereocenters. The molecule has 0 spiro atoms. The van der Waals surface area contributed by atoms with Gasteiger partial charge in [-0.2, -0.15) is 0 Å². The maximum Gasteiger partial charge on any atom is 0.338 e. The highest BCUT2D eigenvalue weighted by Crippen LogP contribution is 2.40. The van der Waals surface area contributed by atoms with Crippen LogP contribution in [0.15, 0.2) is 39.8 Å². The zero-order valence-corrected chi connectivity index (χ0v) is 19.9. The molecule has 0 saturated carbocycles. The molecule has 172 valence electrons. The standard InChI is InChI=1S/C23H27Cl2N3O4/c1-28(2)10-6-4-5-7-11-31-23-19(30-3)9-8-15-18(12-20(29)32-22(15)23)27-21-16(24)13-26-14-17(21)25/h8-9,12-14H,4-7,10-11H2,1-3H3,(H,26,27). The highest BCUT2D eigenvalue weighted by atomic mass is 35.5. The van der Waals surface area contributed by atoms with Crippen LogP contribution in [0, 0.1) is 0 Å². The second-order valence-electron chi connectivity index (χ2n) is 7.62. The molecule has 7 nitrogen and oxygen atoms in total. The van der Waals surface area contributed by atoms with E-state index in [0.29, 0.717) is 50.5 Å². The van der Waals surface area contributed by atoms with Crippen LogP contribution in [0.3, 0.4) is 0 Å². The Balaban J connectivity index is 1.84. The van der Waals surface area contributed by atoms with Crippen LogP contribution in [-0.4, -0.2) is 44.2 Å². The topological polar surface area (TPSA) is 76.8 Å². The molecule has 0 saturated heterocycles. The molecular weight excluding hydrogens is 453 g/mol. The molecular formula is C23H27Cl2N3O4. The minimum Gasteiger partial charge on any atom is -0.493 e. The Morgan fingerprint density at radius 2 is 1.81 bits per heavy atom. The number of unbranched alkanes of at least 4 members (excludes halogenated alkanes) is 3. The van der Waals surface area contributed by atoms with Crippen LogP contribution in [0.25, 0.3) is 11.0 Å². The van der Waals surface area contributed by atoms with Crippen LogP contribution in [0.4, 0.5) is 11.4 Å². The number of halogens is 2. The number of hydrogen-bond acceptors (Lipinski definition) is 7. The monoisotopic (exact) mass is 479 g/mol. The average Bonchev–Trinajstić information content (AvgIpc) is 2.75. The molecule has 32 heavy (non-hydrogen) atoms. The summed E-state index contributed by atoms with van der Waals surface area (Å²) in [5, 5.41) is 4.42. The van der Waals surface area contributed by atoms with Gasteiger partial charge in [0.15, 0.2) is 11.3 Å². The van der Waals surface area contributed by atoms with Gasteiger partial charge in [0.25, 0.3) is 0 Å². The summed E-state index contributed by atoms with van der Waals surface area (Å²) < 4.78 is 17.0. The first-order valence-corrected chi connectivity index (χ1v) is 11.1. The zero-order chi connectivity index (χ0) is 23.1. The molecule has 0 aliphatic carbocycles. The van der Waals surface area contributed by atoms with Crippen molar-refractivity contribution in [3.8, 4) is 11.5 Å². The van der Waals surface area contributed by atoms with Gasteiger partial charge in [0.2, 0.25) is 5.75 Å². The summed E-state index contributed by atoms with van der Waals surface area (Å²) in [4.78, 5) is 18.5. The summed E-state index contributed by atoms with van der Waals surface area (Å²) in [7, 11) is 5.69. The van der Waals surface area contributed by atoms with E-state index in [0.717, 1.165) is 32.2 Å². The van der Waals surface area contributed by atoms with E-state index < -0.39 is 5.63 Å². The van der Waals surface area contributed by atoms with Gasteiger partial charge in [-0.25, -0.2) is 4.79 Å². The summed E-state index contributed by atoms with van der Waals surface area (Å²) in [6.07, 6.45) is 7.16. The van der Waals surface area contributed by atoms with Gasteiger partial charge in [-0.15, -0.1) is 0 Å². The normalized spacial score (nSPS) is 11.2. The van der Waals surface area contributed by atoms with Crippen LogP contribution in [0.5, 0.6) is 11.5 Å². The minimum absolute atomic E-state index is 0.299. The molecule has 2 heterocycles. The highest BCUT2D eigenvalue weighted by molar-refractivity contribution is 6.39. The zero-order valence-electron chi connectivity index (χ0n) is 18.4. The lowest BCUT2D eigenvalue weighted by molar-refractivity contribution is 0.282. The molecule has 1 aromatic carbocycles. The Hall–Kier alpha value is -2.48. The van der Waals surface area contributed by atoms with Crippen LogP contribution in [0.1, 0.15) is 25.7 Å². The highest BCUT2D eigenvalue weighted by Gasteiger charge is 2.17. The number of anilines is 2. The fraction of sp³-hybridized carbons (Fsp3) is 0.391. The second-order valence-corrected chi connectivity index (χ2v) is 8.44. The molecule has 3 aromatic rings. The maximum absolute atomic E-state index is 12.3. The third kappa shape index (κ3) is 6.06. The Kier molecular flexibility index (Phi) is 8.61. The lowest BCUT2D eigenvalue weighted by Gasteiger charge is -2.15. The SMILES string of the molecule is COc1ccc2c(Nc3c(Cl)cncc3Cl)cc(=O)oc2c1OCCCCCCN(C)C. The van der Waals surface area contributed by atoms with Gasteiger partial charge in [0.1, 0.15) is 0 Å². The number of pyridine rings is 1. The van der Waals surface area contributed by atoms with E-state index in [1.807, 2.05) is 0 Å².